The molecule has 1 heterocycles. The molecule has 1 N–H and O–H groups in total. The molecule has 0 aromatic heterocycles. The maximum Gasteiger partial charge on any atom is 0.412 e. The van der Waals surface area contributed by atoms with Gasteiger partial charge < -0.3 is 10.0 Å². The largest absolute Gasteiger partial charge is 0.481 e. The molecule has 4 nitrogen and oxygen atoms in total. The molecule has 1 rings (SSSR count). The molecule has 1 amide bonds. The smallest absolute Gasteiger partial charge is 0.412 e. The zero-order valence-electron chi connectivity index (χ0n) is 12.3. The summed E-state index contributed by atoms with van der Waals surface area (Å²) >= 11 is 0. The number of rotatable bonds is 4. The molecule has 0 spiro atoms. The van der Waals surface area contributed by atoms with Gasteiger partial charge in [-0.05, 0) is 19.3 Å². The number of amides is 1. The Balaban J connectivity index is 2.75. The fourth-order valence-electron chi connectivity index (χ4n) is 2.11. The molecule has 0 radical (unpaired) electrons. The number of carboxylic acids is 1. The van der Waals surface area contributed by atoms with E-state index in [2.05, 4.69) is 0 Å². The topological polar surface area (TPSA) is 57.6 Å². The Labute approximate surface area is 121 Å². The van der Waals surface area contributed by atoms with E-state index < -0.39 is 29.0 Å². The number of carbonyl (C=O) groups excluding carboxylic acids is 1. The Hall–Kier alpha value is -1.53. The average Bonchev–Trinajstić information content (AvgIpc) is 2.37. The van der Waals surface area contributed by atoms with Crippen molar-refractivity contribution < 1.29 is 27.9 Å². The van der Waals surface area contributed by atoms with Crippen molar-refractivity contribution in [2.24, 2.45) is 11.3 Å². The number of carboxylic acid groups (broad SMARTS) is 1. The molecule has 7 heteroatoms. The van der Waals surface area contributed by atoms with Gasteiger partial charge in [-0.1, -0.05) is 19.9 Å². The standard InChI is InChI=1S/C14H20F3NO3/c1-9(2)13(3,12(20)21)8-11(19)18-6-4-10(5-7-18)14(15,16)17/h4,9H,5-8H2,1-3H3,(H,20,21). The van der Waals surface area contributed by atoms with Gasteiger partial charge in [0.25, 0.3) is 0 Å². The predicted octanol–water partition coefficient (Wildman–Crippen LogP) is 2.84. The second kappa shape index (κ2) is 6.07. The zero-order valence-corrected chi connectivity index (χ0v) is 12.3. The Morgan fingerprint density at radius 1 is 1.38 bits per heavy atom. The summed E-state index contributed by atoms with van der Waals surface area (Å²) in [5.41, 5.74) is -1.85. The number of halogens is 3. The SMILES string of the molecule is CC(C)C(C)(CC(=O)N1CC=C(C(F)(F)F)CC1)C(=O)O. The van der Waals surface area contributed by atoms with Crippen molar-refractivity contribution in [2.45, 2.75) is 39.8 Å². The quantitative estimate of drug-likeness (QED) is 0.813. The lowest BCUT2D eigenvalue weighted by molar-refractivity contribution is -0.155. The fourth-order valence-corrected chi connectivity index (χ4v) is 2.11. The minimum Gasteiger partial charge on any atom is -0.481 e. The molecule has 0 aromatic rings. The zero-order chi connectivity index (χ0) is 16.4. The highest BCUT2D eigenvalue weighted by Crippen LogP contribution is 2.34. The Kier molecular flexibility index (Phi) is 5.07. The lowest BCUT2D eigenvalue weighted by Gasteiger charge is -2.33. The van der Waals surface area contributed by atoms with Gasteiger partial charge in [0.15, 0.2) is 0 Å². The Morgan fingerprint density at radius 3 is 2.29 bits per heavy atom. The third kappa shape index (κ3) is 3.98. The van der Waals surface area contributed by atoms with Crippen molar-refractivity contribution in [1.29, 1.82) is 0 Å². The second-order valence-electron chi connectivity index (χ2n) is 5.87. The molecular formula is C14H20F3NO3. The van der Waals surface area contributed by atoms with Crippen molar-refractivity contribution >= 4 is 11.9 Å². The molecule has 1 aliphatic rings. The highest BCUT2D eigenvalue weighted by atomic mass is 19.4. The number of carbonyl (C=O) groups is 2. The summed E-state index contributed by atoms with van der Waals surface area (Å²) in [7, 11) is 0. The monoisotopic (exact) mass is 307 g/mol. The van der Waals surface area contributed by atoms with Crippen LogP contribution in [0, 0.1) is 11.3 Å². The van der Waals surface area contributed by atoms with Gasteiger partial charge in [0.1, 0.15) is 0 Å². The van der Waals surface area contributed by atoms with E-state index in [1.807, 2.05) is 0 Å². The van der Waals surface area contributed by atoms with Crippen LogP contribution in [0.25, 0.3) is 0 Å². The van der Waals surface area contributed by atoms with Gasteiger partial charge in [0.05, 0.1) is 5.41 Å². The van der Waals surface area contributed by atoms with Crippen molar-refractivity contribution in [2.75, 3.05) is 13.1 Å². The predicted molar refractivity (Wildman–Crippen MR) is 70.5 cm³/mol. The number of aliphatic carboxylic acids is 1. The number of nitrogens with zero attached hydrogens (tertiary/aromatic N) is 1. The van der Waals surface area contributed by atoms with Gasteiger partial charge in [-0.15, -0.1) is 0 Å². The maximum absolute atomic E-state index is 12.5. The van der Waals surface area contributed by atoms with E-state index in [1.165, 1.54) is 11.8 Å². The number of hydrogen-bond acceptors (Lipinski definition) is 2. The normalized spacial score (nSPS) is 19.2. The second-order valence-corrected chi connectivity index (χ2v) is 5.87. The Bertz CT molecular complexity index is 457. The minimum absolute atomic E-state index is 0.0298. The molecule has 0 aromatic carbocycles. The van der Waals surface area contributed by atoms with E-state index in [1.54, 1.807) is 13.8 Å². The van der Waals surface area contributed by atoms with Gasteiger partial charge in [0.2, 0.25) is 5.91 Å². The highest BCUT2D eigenvalue weighted by Gasteiger charge is 2.41. The van der Waals surface area contributed by atoms with Crippen LogP contribution in [0.5, 0.6) is 0 Å². The molecule has 21 heavy (non-hydrogen) atoms. The van der Waals surface area contributed by atoms with Crippen LogP contribution in [0.3, 0.4) is 0 Å². The summed E-state index contributed by atoms with van der Waals surface area (Å²) in [6, 6.07) is 0. The molecule has 0 aliphatic carbocycles. The molecule has 0 fully saturated rings. The van der Waals surface area contributed by atoms with Gasteiger partial charge >= 0.3 is 12.1 Å². The molecule has 0 bridgehead atoms. The molecule has 1 aliphatic heterocycles. The van der Waals surface area contributed by atoms with Crippen LogP contribution in [0.15, 0.2) is 11.6 Å². The summed E-state index contributed by atoms with van der Waals surface area (Å²) in [5.74, 6) is -1.76. The van der Waals surface area contributed by atoms with Crippen LogP contribution in [-0.4, -0.2) is 41.1 Å². The molecule has 1 atom stereocenters. The molecule has 0 saturated heterocycles. The number of hydrogen-bond donors (Lipinski definition) is 1. The van der Waals surface area contributed by atoms with Gasteiger partial charge in [0, 0.05) is 25.1 Å². The lowest BCUT2D eigenvalue weighted by atomic mass is 9.76. The van der Waals surface area contributed by atoms with E-state index >= 15 is 0 Å². The summed E-state index contributed by atoms with van der Waals surface area (Å²) in [6.07, 6.45) is -3.83. The average molecular weight is 307 g/mol. The van der Waals surface area contributed by atoms with E-state index in [0.717, 1.165) is 6.08 Å². The molecule has 1 unspecified atom stereocenters. The van der Waals surface area contributed by atoms with Gasteiger partial charge in [-0.25, -0.2) is 0 Å². The first-order valence-corrected chi connectivity index (χ1v) is 6.76. The Morgan fingerprint density at radius 2 is 1.95 bits per heavy atom. The first-order valence-electron chi connectivity index (χ1n) is 6.76. The van der Waals surface area contributed by atoms with Crippen molar-refractivity contribution in [3.05, 3.63) is 11.6 Å². The lowest BCUT2D eigenvalue weighted by Crippen LogP contribution is -2.43. The first-order chi connectivity index (χ1) is 9.48. The van der Waals surface area contributed by atoms with Crippen LogP contribution >= 0.6 is 0 Å². The summed E-state index contributed by atoms with van der Waals surface area (Å²) in [4.78, 5) is 24.7. The van der Waals surface area contributed by atoms with Crippen LogP contribution in [0.1, 0.15) is 33.6 Å². The van der Waals surface area contributed by atoms with Crippen molar-refractivity contribution in [3.63, 3.8) is 0 Å². The van der Waals surface area contributed by atoms with E-state index in [0.29, 0.717) is 0 Å². The molecular weight excluding hydrogens is 287 g/mol. The van der Waals surface area contributed by atoms with Crippen LogP contribution in [0.4, 0.5) is 13.2 Å². The van der Waals surface area contributed by atoms with Crippen molar-refractivity contribution in [3.8, 4) is 0 Å². The van der Waals surface area contributed by atoms with Crippen molar-refractivity contribution in [1.82, 2.24) is 4.90 Å². The summed E-state index contributed by atoms with van der Waals surface area (Å²) in [6.45, 7) is 4.75. The van der Waals surface area contributed by atoms with E-state index in [9.17, 15) is 27.9 Å². The molecule has 120 valence electrons. The van der Waals surface area contributed by atoms with E-state index in [4.69, 9.17) is 0 Å². The van der Waals surface area contributed by atoms with Gasteiger partial charge in [-0.2, -0.15) is 13.2 Å². The third-order valence-electron chi connectivity index (χ3n) is 4.21. The highest BCUT2D eigenvalue weighted by molar-refractivity contribution is 5.85. The molecule has 0 saturated carbocycles. The van der Waals surface area contributed by atoms with Crippen LogP contribution in [0.2, 0.25) is 0 Å². The van der Waals surface area contributed by atoms with Crippen LogP contribution in [-0.2, 0) is 9.59 Å². The summed E-state index contributed by atoms with van der Waals surface area (Å²) in [5, 5.41) is 9.27. The minimum atomic E-state index is -4.36. The van der Waals surface area contributed by atoms with Crippen LogP contribution < -0.4 is 0 Å². The van der Waals surface area contributed by atoms with E-state index in [-0.39, 0.29) is 31.8 Å². The number of alkyl halides is 3. The fraction of sp³-hybridized carbons (Fsp3) is 0.714. The summed E-state index contributed by atoms with van der Waals surface area (Å²) < 4.78 is 37.5. The van der Waals surface area contributed by atoms with Gasteiger partial charge in [-0.3, -0.25) is 9.59 Å². The third-order valence-corrected chi connectivity index (χ3v) is 4.21. The maximum atomic E-state index is 12.5. The first kappa shape index (κ1) is 17.5.